The van der Waals surface area contributed by atoms with E-state index in [4.69, 9.17) is 0 Å². The van der Waals surface area contributed by atoms with Gasteiger partial charge in [0.1, 0.15) is 0 Å². The number of carbonyl (C=O) groups excluding carboxylic acids is 1. The molecule has 0 atom stereocenters. The number of nitrogens with one attached hydrogen (secondary N) is 1. The number of allylic oxidation sites excluding steroid dienone is 1. The first-order valence-electron chi connectivity index (χ1n) is 4.70. The van der Waals surface area contributed by atoms with Crippen LogP contribution in [0.2, 0.25) is 0 Å². The van der Waals surface area contributed by atoms with E-state index in [0.717, 1.165) is 17.8 Å². The Morgan fingerprint density at radius 1 is 1.50 bits per heavy atom. The maximum absolute atomic E-state index is 11.1. The summed E-state index contributed by atoms with van der Waals surface area (Å²) >= 11 is 0. The summed E-state index contributed by atoms with van der Waals surface area (Å²) in [4.78, 5) is 11.1. The summed E-state index contributed by atoms with van der Waals surface area (Å²) in [7, 11) is 0. The summed E-state index contributed by atoms with van der Waals surface area (Å²) in [6.45, 7) is 4.34. The van der Waals surface area contributed by atoms with Gasteiger partial charge < -0.3 is 5.32 Å². The van der Waals surface area contributed by atoms with Crippen molar-refractivity contribution in [3.63, 3.8) is 0 Å². The minimum absolute atomic E-state index is 0.0969. The van der Waals surface area contributed by atoms with E-state index in [1.165, 1.54) is 0 Å². The van der Waals surface area contributed by atoms with E-state index in [2.05, 4.69) is 5.32 Å². The number of hydrogen-bond donors (Lipinski definition) is 1. The Bertz CT molecular complexity index is 342. The number of rotatable bonds is 4. The Morgan fingerprint density at radius 3 is 2.93 bits per heavy atom. The predicted molar refractivity (Wildman–Crippen MR) is 59.8 cm³/mol. The third kappa shape index (κ3) is 3.05. The van der Waals surface area contributed by atoms with Gasteiger partial charge in [0.2, 0.25) is 0 Å². The summed E-state index contributed by atoms with van der Waals surface area (Å²) in [6, 6.07) is 7.53. The molecule has 0 aliphatic rings. The fourth-order valence-electron chi connectivity index (χ4n) is 1.14. The Morgan fingerprint density at radius 2 is 2.29 bits per heavy atom. The van der Waals surface area contributed by atoms with Crippen molar-refractivity contribution in [2.75, 3.05) is 11.9 Å². The van der Waals surface area contributed by atoms with Gasteiger partial charge in [0.15, 0.2) is 5.78 Å². The lowest BCUT2D eigenvalue weighted by molar-refractivity contribution is 0.101. The first kappa shape index (κ1) is 10.5. The number of hydrogen-bond acceptors (Lipinski definition) is 2. The van der Waals surface area contributed by atoms with Gasteiger partial charge in [0, 0.05) is 17.8 Å². The first-order chi connectivity index (χ1) is 6.74. The highest BCUT2D eigenvalue weighted by atomic mass is 16.1. The average molecular weight is 189 g/mol. The van der Waals surface area contributed by atoms with Gasteiger partial charge in [-0.05, 0) is 26.0 Å². The van der Waals surface area contributed by atoms with Gasteiger partial charge in [-0.25, -0.2) is 0 Å². The molecule has 1 aromatic carbocycles. The number of ketones is 1. The zero-order valence-electron chi connectivity index (χ0n) is 8.58. The molecule has 0 aliphatic carbocycles. The lowest BCUT2D eigenvalue weighted by atomic mass is 10.1. The molecule has 14 heavy (non-hydrogen) atoms. The van der Waals surface area contributed by atoms with Gasteiger partial charge in [0.25, 0.3) is 0 Å². The molecule has 0 heterocycles. The summed E-state index contributed by atoms with van der Waals surface area (Å²) < 4.78 is 0. The molecule has 0 aromatic heterocycles. The van der Waals surface area contributed by atoms with Crippen LogP contribution in [0.25, 0.3) is 0 Å². The van der Waals surface area contributed by atoms with Crippen LogP contribution in [0.4, 0.5) is 5.69 Å². The Labute approximate surface area is 84.6 Å². The highest BCUT2D eigenvalue weighted by molar-refractivity contribution is 5.94. The van der Waals surface area contributed by atoms with E-state index in [9.17, 15) is 4.79 Å². The lowest BCUT2D eigenvalue weighted by Gasteiger charge is -2.04. The van der Waals surface area contributed by atoms with Gasteiger partial charge in [0.05, 0.1) is 0 Å². The van der Waals surface area contributed by atoms with Gasteiger partial charge >= 0.3 is 0 Å². The monoisotopic (exact) mass is 189 g/mol. The van der Waals surface area contributed by atoms with Crippen LogP contribution in [0, 0.1) is 0 Å². The maximum Gasteiger partial charge on any atom is 0.159 e. The van der Waals surface area contributed by atoms with Crippen molar-refractivity contribution in [3.8, 4) is 0 Å². The summed E-state index contributed by atoms with van der Waals surface area (Å²) in [5.41, 5.74) is 1.73. The zero-order chi connectivity index (χ0) is 10.4. The molecule has 0 saturated carbocycles. The number of benzene rings is 1. The van der Waals surface area contributed by atoms with Crippen LogP contribution < -0.4 is 5.32 Å². The van der Waals surface area contributed by atoms with Crippen molar-refractivity contribution in [2.45, 2.75) is 13.8 Å². The smallest absolute Gasteiger partial charge is 0.159 e. The van der Waals surface area contributed by atoms with Crippen LogP contribution in [0.5, 0.6) is 0 Å². The van der Waals surface area contributed by atoms with E-state index < -0.39 is 0 Å². The van der Waals surface area contributed by atoms with Crippen molar-refractivity contribution in [3.05, 3.63) is 42.0 Å². The SMILES string of the molecule is C/C=C/CNc1cccc(C(C)=O)c1. The van der Waals surface area contributed by atoms with Gasteiger partial charge in [-0.2, -0.15) is 0 Å². The van der Waals surface area contributed by atoms with Crippen LogP contribution in [0.15, 0.2) is 36.4 Å². The molecule has 1 rings (SSSR count). The van der Waals surface area contributed by atoms with Crippen LogP contribution >= 0.6 is 0 Å². The zero-order valence-corrected chi connectivity index (χ0v) is 8.58. The molecule has 2 nitrogen and oxygen atoms in total. The molecule has 0 spiro atoms. The fraction of sp³-hybridized carbons (Fsp3) is 0.250. The Balaban J connectivity index is 2.68. The van der Waals surface area contributed by atoms with Gasteiger partial charge in [-0.15, -0.1) is 0 Å². The van der Waals surface area contributed by atoms with Crippen LogP contribution in [-0.4, -0.2) is 12.3 Å². The van der Waals surface area contributed by atoms with Crippen molar-refractivity contribution in [1.29, 1.82) is 0 Å². The first-order valence-corrected chi connectivity index (χ1v) is 4.70. The van der Waals surface area contributed by atoms with Crippen LogP contribution in [-0.2, 0) is 0 Å². The summed E-state index contributed by atoms with van der Waals surface area (Å²) in [5, 5.41) is 3.20. The molecule has 1 aromatic rings. The van der Waals surface area contributed by atoms with Crippen molar-refractivity contribution < 1.29 is 4.79 Å². The summed E-state index contributed by atoms with van der Waals surface area (Å²) in [5.74, 6) is 0.0969. The van der Waals surface area contributed by atoms with E-state index in [1.54, 1.807) is 6.92 Å². The molecule has 0 radical (unpaired) electrons. The summed E-state index contributed by atoms with van der Waals surface area (Å²) in [6.07, 6.45) is 4.02. The third-order valence-electron chi connectivity index (χ3n) is 1.93. The van der Waals surface area contributed by atoms with E-state index in [-0.39, 0.29) is 5.78 Å². The molecule has 0 unspecified atom stereocenters. The van der Waals surface area contributed by atoms with Crippen LogP contribution in [0.3, 0.4) is 0 Å². The average Bonchev–Trinajstić information content (AvgIpc) is 2.19. The normalized spacial score (nSPS) is 10.4. The maximum atomic E-state index is 11.1. The Kier molecular flexibility index (Phi) is 3.92. The highest BCUT2D eigenvalue weighted by Gasteiger charge is 1.98. The molecule has 2 heteroatoms. The minimum atomic E-state index is 0.0969. The largest absolute Gasteiger partial charge is 0.382 e. The lowest BCUT2D eigenvalue weighted by Crippen LogP contribution is -1.99. The molecule has 0 aliphatic heterocycles. The second kappa shape index (κ2) is 5.22. The molecule has 0 bridgehead atoms. The van der Waals surface area contributed by atoms with Gasteiger partial charge in [-0.1, -0.05) is 24.3 Å². The quantitative estimate of drug-likeness (QED) is 0.583. The van der Waals surface area contributed by atoms with E-state index in [1.807, 2.05) is 43.3 Å². The molecule has 0 amide bonds. The van der Waals surface area contributed by atoms with Crippen molar-refractivity contribution >= 4 is 11.5 Å². The number of anilines is 1. The molecule has 0 saturated heterocycles. The second-order valence-corrected chi connectivity index (χ2v) is 3.09. The van der Waals surface area contributed by atoms with E-state index >= 15 is 0 Å². The van der Waals surface area contributed by atoms with E-state index in [0.29, 0.717) is 0 Å². The minimum Gasteiger partial charge on any atom is -0.382 e. The fourth-order valence-corrected chi connectivity index (χ4v) is 1.14. The standard InChI is InChI=1S/C12H15NO/c1-3-4-8-13-12-7-5-6-11(9-12)10(2)14/h3-7,9,13H,8H2,1-2H3/b4-3+. The molecule has 74 valence electrons. The molecule has 0 fully saturated rings. The predicted octanol–water partition coefficient (Wildman–Crippen LogP) is 2.88. The molecular formula is C12H15NO. The third-order valence-corrected chi connectivity index (χ3v) is 1.93. The highest BCUT2D eigenvalue weighted by Crippen LogP contribution is 2.10. The van der Waals surface area contributed by atoms with Crippen molar-refractivity contribution in [2.24, 2.45) is 0 Å². The molecular weight excluding hydrogens is 174 g/mol. The topological polar surface area (TPSA) is 29.1 Å². The van der Waals surface area contributed by atoms with Crippen LogP contribution in [0.1, 0.15) is 24.2 Å². The van der Waals surface area contributed by atoms with Gasteiger partial charge in [-0.3, -0.25) is 4.79 Å². The number of Topliss-reactive ketones (excluding diaryl/α,β-unsaturated/α-hetero) is 1. The number of carbonyl (C=O) groups is 1. The van der Waals surface area contributed by atoms with Crippen molar-refractivity contribution in [1.82, 2.24) is 0 Å². The Hall–Kier alpha value is -1.57. The second-order valence-electron chi connectivity index (χ2n) is 3.09. The molecule has 1 N–H and O–H groups in total.